The Morgan fingerprint density at radius 3 is 2.46 bits per heavy atom. The molecule has 1 saturated heterocycles. The van der Waals surface area contributed by atoms with Crippen LogP contribution in [0.5, 0.6) is 0 Å². The lowest BCUT2D eigenvalue weighted by atomic mass is 10.1. The maximum atomic E-state index is 11.7. The molecule has 1 aromatic carbocycles. The van der Waals surface area contributed by atoms with Crippen LogP contribution in [0.1, 0.15) is 17.8 Å². The molecule has 2 heterocycles. The average Bonchev–Trinajstić information content (AvgIpc) is 3.09. The van der Waals surface area contributed by atoms with Gasteiger partial charge in [0.25, 0.3) is 0 Å². The summed E-state index contributed by atoms with van der Waals surface area (Å²) < 4.78 is 27.8. The molecule has 2 aromatic rings. The fraction of sp³-hybridized carbons (Fsp3) is 0.579. The van der Waals surface area contributed by atoms with Gasteiger partial charge < -0.3 is 9.47 Å². The standard InChI is InChI=1S/C19H29N5O2S2/c1-21(2)17-7-5-15(6-8-17)12-22(3)14-24-19(27)23(4)18(20-24)11-16-9-10-28(25,26)13-16/h5-8,16H,9-14H2,1-4H3. The van der Waals surface area contributed by atoms with E-state index in [9.17, 15) is 8.42 Å². The van der Waals surface area contributed by atoms with Crippen LogP contribution in [-0.4, -0.2) is 60.3 Å². The molecule has 0 aliphatic carbocycles. The second-order valence-electron chi connectivity index (χ2n) is 7.95. The molecule has 1 fully saturated rings. The number of hydrogen-bond acceptors (Lipinski definition) is 6. The van der Waals surface area contributed by atoms with E-state index in [1.807, 2.05) is 37.4 Å². The van der Waals surface area contributed by atoms with Crippen molar-refractivity contribution >= 4 is 27.7 Å². The molecule has 0 radical (unpaired) electrons. The first-order chi connectivity index (χ1) is 13.1. The zero-order chi connectivity index (χ0) is 20.5. The van der Waals surface area contributed by atoms with Gasteiger partial charge >= 0.3 is 0 Å². The molecule has 3 rings (SSSR count). The number of sulfone groups is 1. The Kier molecular flexibility index (Phi) is 6.26. The van der Waals surface area contributed by atoms with E-state index in [4.69, 9.17) is 12.2 Å². The predicted octanol–water partition coefficient (Wildman–Crippen LogP) is 2.08. The van der Waals surface area contributed by atoms with Gasteiger partial charge in [-0.15, -0.1) is 0 Å². The van der Waals surface area contributed by atoms with E-state index in [0.717, 1.165) is 12.4 Å². The molecule has 0 spiro atoms. The number of hydrogen-bond donors (Lipinski definition) is 0. The third kappa shape index (κ3) is 5.01. The molecular formula is C19H29N5O2S2. The van der Waals surface area contributed by atoms with Crippen molar-refractivity contribution in [3.63, 3.8) is 0 Å². The van der Waals surface area contributed by atoms with Crippen molar-refractivity contribution in [1.29, 1.82) is 0 Å². The zero-order valence-corrected chi connectivity index (χ0v) is 18.6. The van der Waals surface area contributed by atoms with Crippen LogP contribution >= 0.6 is 12.2 Å². The Bertz CT molecular complexity index is 977. The molecule has 1 atom stereocenters. The maximum Gasteiger partial charge on any atom is 0.198 e. The van der Waals surface area contributed by atoms with Gasteiger partial charge in [-0.2, -0.15) is 5.10 Å². The molecule has 28 heavy (non-hydrogen) atoms. The lowest BCUT2D eigenvalue weighted by molar-refractivity contribution is 0.243. The minimum atomic E-state index is -2.88. The summed E-state index contributed by atoms with van der Waals surface area (Å²) in [5, 5.41) is 4.67. The van der Waals surface area contributed by atoms with Gasteiger partial charge in [-0.1, -0.05) is 12.1 Å². The van der Waals surface area contributed by atoms with E-state index in [0.29, 0.717) is 24.3 Å². The fourth-order valence-electron chi connectivity index (χ4n) is 3.58. The molecule has 1 aliphatic heterocycles. The Morgan fingerprint density at radius 1 is 1.21 bits per heavy atom. The lowest BCUT2D eigenvalue weighted by Gasteiger charge is -2.18. The quantitative estimate of drug-likeness (QED) is 0.636. The summed E-state index contributed by atoms with van der Waals surface area (Å²) in [6.07, 6.45) is 1.37. The molecule has 0 bridgehead atoms. The molecule has 0 N–H and O–H groups in total. The maximum absolute atomic E-state index is 11.7. The third-order valence-electron chi connectivity index (χ3n) is 5.21. The minimum Gasteiger partial charge on any atom is -0.378 e. The van der Waals surface area contributed by atoms with Gasteiger partial charge in [0.15, 0.2) is 14.6 Å². The van der Waals surface area contributed by atoms with Crippen molar-refractivity contribution in [2.45, 2.75) is 26.1 Å². The molecule has 154 valence electrons. The summed E-state index contributed by atoms with van der Waals surface area (Å²) in [6, 6.07) is 8.50. The van der Waals surface area contributed by atoms with E-state index in [1.165, 1.54) is 11.3 Å². The van der Waals surface area contributed by atoms with Crippen LogP contribution in [0, 0.1) is 10.7 Å². The Balaban J connectivity index is 1.64. The summed E-state index contributed by atoms with van der Waals surface area (Å²) in [7, 11) is 5.13. The van der Waals surface area contributed by atoms with E-state index in [2.05, 4.69) is 39.2 Å². The Morgan fingerprint density at radius 2 is 1.89 bits per heavy atom. The highest BCUT2D eigenvalue weighted by molar-refractivity contribution is 7.91. The highest BCUT2D eigenvalue weighted by atomic mass is 32.2. The minimum absolute atomic E-state index is 0.141. The van der Waals surface area contributed by atoms with E-state index in [1.54, 1.807) is 0 Å². The van der Waals surface area contributed by atoms with Crippen LogP contribution in [-0.2, 0) is 36.5 Å². The molecule has 1 aromatic heterocycles. The van der Waals surface area contributed by atoms with Crippen LogP contribution in [0.4, 0.5) is 5.69 Å². The van der Waals surface area contributed by atoms with Crippen molar-refractivity contribution in [3.05, 3.63) is 40.4 Å². The highest BCUT2D eigenvalue weighted by Crippen LogP contribution is 2.22. The Labute approximate surface area is 172 Å². The van der Waals surface area contributed by atoms with Gasteiger partial charge in [-0.3, -0.25) is 4.90 Å². The fourth-order valence-corrected chi connectivity index (χ4v) is 5.65. The first kappa shape index (κ1) is 21.0. The van der Waals surface area contributed by atoms with Crippen LogP contribution in [0.25, 0.3) is 0 Å². The van der Waals surface area contributed by atoms with Crippen LogP contribution in [0.15, 0.2) is 24.3 Å². The topological polar surface area (TPSA) is 63.4 Å². The van der Waals surface area contributed by atoms with Gasteiger partial charge in [0.05, 0.1) is 18.2 Å². The van der Waals surface area contributed by atoms with Gasteiger partial charge in [0.2, 0.25) is 0 Å². The smallest absolute Gasteiger partial charge is 0.198 e. The number of aromatic nitrogens is 3. The summed E-state index contributed by atoms with van der Waals surface area (Å²) >= 11 is 5.54. The van der Waals surface area contributed by atoms with E-state index >= 15 is 0 Å². The second kappa shape index (κ2) is 8.34. The summed E-state index contributed by atoms with van der Waals surface area (Å²) in [5.41, 5.74) is 2.41. The zero-order valence-electron chi connectivity index (χ0n) is 17.0. The monoisotopic (exact) mass is 423 g/mol. The van der Waals surface area contributed by atoms with Gasteiger partial charge in [-0.05, 0) is 49.3 Å². The largest absolute Gasteiger partial charge is 0.378 e. The van der Waals surface area contributed by atoms with Crippen molar-refractivity contribution in [2.75, 3.05) is 37.5 Å². The normalized spacial score (nSPS) is 18.7. The van der Waals surface area contributed by atoms with E-state index in [-0.39, 0.29) is 17.4 Å². The summed E-state index contributed by atoms with van der Waals surface area (Å²) in [4.78, 5) is 4.25. The van der Waals surface area contributed by atoms with E-state index < -0.39 is 9.84 Å². The van der Waals surface area contributed by atoms with Crippen molar-refractivity contribution < 1.29 is 8.42 Å². The van der Waals surface area contributed by atoms with Gasteiger partial charge in [0.1, 0.15) is 5.82 Å². The molecule has 9 heteroatoms. The summed E-state index contributed by atoms with van der Waals surface area (Å²) in [6.45, 7) is 1.38. The lowest BCUT2D eigenvalue weighted by Crippen LogP contribution is -2.22. The van der Waals surface area contributed by atoms with Gasteiger partial charge in [-0.25, -0.2) is 13.1 Å². The Hall–Kier alpha value is -1.71. The molecule has 7 nitrogen and oxygen atoms in total. The SMILES string of the molecule is CN(Cc1ccc(N(C)C)cc1)Cn1nc(CC2CCS(=O)(=O)C2)n(C)c1=S. The van der Waals surface area contributed by atoms with Crippen LogP contribution in [0.2, 0.25) is 0 Å². The molecule has 0 amide bonds. The first-order valence-corrected chi connectivity index (χ1v) is 11.7. The molecule has 1 aliphatic rings. The number of nitrogens with zero attached hydrogens (tertiary/aromatic N) is 5. The summed E-state index contributed by atoms with van der Waals surface area (Å²) in [5.74, 6) is 1.55. The molecule has 1 unspecified atom stereocenters. The second-order valence-corrected chi connectivity index (χ2v) is 10.5. The van der Waals surface area contributed by atoms with Crippen LogP contribution in [0.3, 0.4) is 0 Å². The van der Waals surface area contributed by atoms with Crippen molar-refractivity contribution in [3.8, 4) is 0 Å². The number of anilines is 1. The number of benzene rings is 1. The first-order valence-electron chi connectivity index (χ1n) is 9.42. The van der Waals surface area contributed by atoms with Crippen molar-refractivity contribution in [1.82, 2.24) is 19.2 Å². The number of rotatable bonds is 7. The molecule has 0 saturated carbocycles. The van der Waals surface area contributed by atoms with Crippen molar-refractivity contribution in [2.24, 2.45) is 13.0 Å². The van der Waals surface area contributed by atoms with Crippen LogP contribution < -0.4 is 4.90 Å². The highest BCUT2D eigenvalue weighted by Gasteiger charge is 2.29. The third-order valence-corrected chi connectivity index (χ3v) is 7.53. The predicted molar refractivity (Wildman–Crippen MR) is 115 cm³/mol. The average molecular weight is 424 g/mol. The molecular weight excluding hydrogens is 394 g/mol. The van der Waals surface area contributed by atoms with Gasteiger partial charge in [0, 0.05) is 39.8 Å².